The van der Waals surface area contributed by atoms with Crippen molar-refractivity contribution in [1.82, 2.24) is 0 Å². The Labute approximate surface area is 47.7 Å². The first-order chi connectivity index (χ1) is 2.27. The lowest BCUT2D eigenvalue weighted by molar-refractivity contribution is 0.690. The van der Waals surface area contributed by atoms with Crippen LogP contribution in [0.25, 0.3) is 0 Å². The van der Waals surface area contributed by atoms with Gasteiger partial charge in [0.25, 0.3) is 0 Å². The molecule has 0 aliphatic rings. The SMILES string of the molecule is CS(=O)CI. The van der Waals surface area contributed by atoms with Gasteiger partial charge in [0.05, 0.1) is 3.76 Å². The van der Waals surface area contributed by atoms with Crippen molar-refractivity contribution in [3.05, 3.63) is 0 Å². The van der Waals surface area contributed by atoms with Crippen molar-refractivity contribution >= 4 is 33.4 Å². The summed E-state index contributed by atoms with van der Waals surface area (Å²) in [6, 6.07) is 0. The molecule has 1 atom stereocenters. The first kappa shape index (κ1) is 5.88. The number of halogens is 1. The van der Waals surface area contributed by atoms with Gasteiger partial charge in [0, 0.05) is 17.1 Å². The molecule has 1 unspecified atom stereocenters. The maximum absolute atomic E-state index is 9.92. The van der Waals surface area contributed by atoms with Gasteiger partial charge in [-0.3, -0.25) is 4.21 Å². The van der Waals surface area contributed by atoms with Gasteiger partial charge < -0.3 is 0 Å². The zero-order valence-electron chi connectivity index (χ0n) is 2.90. The molecule has 0 spiro atoms. The van der Waals surface area contributed by atoms with E-state index in [2.05, 4.69) is 22.6 Å². The van der Waals surface area contributed by atoms with Gasteiger partial charge in [-0.2, -0.15) is 0 Å². The minimum atomic E-state index is -0.586. The van der Waals surface area contributed by atoms with E-state index in [0.29, 0.717) is 0 Å². The van der Waals surface area contributed by atoms with Crippen LogP contribution >= 0.6 is 22.6 Å². The molecular weight excluding hydrogens is 199 g/mol. The molecule has 3 heteroatoms. The van der Waals surface area contributed by atoms with E-state index in [4.69, 9.17) is 0 Å². The van der Waals surface area contributed by atoms with E-state index >= 15 is 0 Å². The number of rotatable bonds is 1. The van der Waals surface area contributed by atoms with Gasteiger partial charge in [-0.15, -0.1) is 0 Å². The van der Waals surface area contributed by atoms with Crippen molar-refractivity contribution in [1.29, 1.82) is 0 Å². The van der Waals surface area contributed by atoms with E-state index < -0.39 is 10.8 Å². The van der Waals surface area contributed by atoms with Gasteiger partial charge in [-0.1, -0.05) is 22.6 Å². The first-order valence-electron chi connectivity index (χ1n) is 1.13. The minimum absolute atomic E-state index is 0.586. The van der Waals surface area contributed by atoms with Crippen LogP contribution in [0.4, 0.5) is 0 Å². The lowest BCUT2D eigenvalue weighted by Crippen LogP contribution is -1.79. The summed E-state index contributed by atoms with van der Waals surface area (Å²) in [5.41, 5.74) is 0. The van der Waals surface area contributed by atoms with Crippen molar-refractivity contribution in [3.8, 4) is 0 Å². The summed E-state index contributed by atoms with van der Waals surface area (Å²) in [6.07, 6.45) is 1.69. The normalized spacial score (nSPS) is 14.8. The predicted molar refractivity (Wildman–Crippen MR) is 33.0 cm³/mol. The summed E-state index contributed by atoms with van der Waals surface area (Å²) in [4.78, 5) is 0. The minimum Gasteiger partial charge on any atom is -0.259 e. The van der Waals surface area contributed by atoms with Crippen LogP contribution < -0.4 is 0 Å². The highest BCUT2D eigenvalue weighted by molar-refractivity contribution is 14.1. The topological polar surface area (TPSA) is 17.1 Å². The molecule has 0 aromatic carbocycles. The van der Waals surface area contributed by atoms with Crippen molar-refractivity contribution in [2.24, 2.45) is 0 Å². The third kappa shape index (κ3) is 4.88. The standard InChI is InChI=1S/C2H5IOS/c1-5(4)2-3/h2H2,1H3. The first-order valence-corrected chi connectivity index (χ1v) is 4.38. The molecule has 32 valence electrons. The highest BCUT2D eigenvalue weighted by atomic mass is 127. The van der Waals surface area contributed by atoms with E-state index in [1.807, 2.05) is 0 Å². The fourth-order valence-corrected chi connectivity index (χ4v) is 0. The predicted octanol–water partition coefficient (Wildman–Crippen LogP) is 0.757. The summed E-state index contributed by atoms with van der Waals surface area (Å²) in [6.45, 7) is 0. The van der Waals surface area contributed by atoms with Gasteiger partial charge in [0.2, 0.25) is 0 Å². The second kappa shape index (κ2) is 3.08. The third-order valence-electron chi connectivity index (χ3n) is 0.154. The quantitative estimate of drug-likeness (QED) is 0.455. The molecular formula is C2H5IOS. The molecule has 0 aromatic heterocycles. The van der Waals surface area contributed by atoms with Crippen LogP contribution in [0, 0.1) is 0 Å². The zero-order chi connectivity index (χ0) is 4.28. The molecule has 0 bridgehead atoms. The average Bonchev–Trinajstić information content (AvgIpc) is 1.38. The van der Waals surface area contributed by atoms with Gasteiger partial charge in [-0.25, -0.2) is 0 Å². The zero-order valence-corrected chi connectivity index (χ0v) is 5.88. The molecule has 5 heavy (non-hydrogen) atoms. The molecule has 0 heterocycles. The monoisotopic (exact) mass is 204 g/mol. The van der Waals surface area contributed by atoms with Crippen molar-refractivity contribution in [2.45, 2.75) is 0 Å². The van der Waals surface area contributed by atoms with E-state index in [-0.39, 0.29) is 0 Å². The Hall–Kier alpha value is 0.880. The van der Waals surface area contributed by atoms with Crippen LogP contribution in [0.15, 0.2) is 0 Å². The number of hydrogen-bond donors (Lipinski definition) is 0. The van der Waals surface area contributed by atoms with Crippen LogP contribution in [-0.2, 0) is 10.8 Å². The Morgan fingerprint density at radius 2 is 2.20 bits per heavy atom. The maximum Gasteiger partial charge on any atom is 0.0751 e. The fraction of sp³-hybridized carbons (Fsp3) is 1.00. The van der Waals surface area contributed by atoms with Gasteiger partial charge >= 0.3 is 0 Å². The summed E-state index contributed by atoms with van der Waals surface area (Å²) < 4.78 is 10.7. The van der Waals surface area contributed by atoms with Crippen LogP contribution in [0.2, 0.25) is 0 Å². The molecule has 0 aliphatic heterocycles. The Morgan fingerprint density at radius 1 is 2.00 bits per heavy atom. The van der Waals surface area contributed by atoms with Crippen LogP contribution in [0.1, 0.15) is 0 Å². The highest BCUT2D eigenvalue weighted by Crippen LogP contribution is 1.81. The van der Waals surface area contributed by atoms with Crippen LogP contribution in [0.5, 0.6) is 0 Å². The summed E-state index contributed by atoms with van der Waals surface area (Å²) in [7, 11) is -0.586. The Balaban J connectivity index is 2.85. The maximum atomic E-state index is 9.92. The third-order valence-corrected chi connectivity index (χ3v) is 3.09. The molecule has 0 saturated carbocycles. The summed E-state index contributed by atoms with van der Waals surface area (Å²) in [5.74, 6) is 0. The Bertz CT molecular complexity index is 44.9. The second-order valence-corrected chi connectivity index (χ2v) is 3.92. The van der Waals surface area contributed by atoms with Crippen molar-refractivity contribution in [2.75, 3.05) is 10.0 Å². The van der Waals surface area contributed by atoms with E-state index in [9.17, 15) is 4.21 Å². The van der Waals surface area contributed by atoms with Crippen molar-refractivity contribution in [3.63, 3.8) is 0 Å². The fourth-order valence-electron chi connectivity index (χ4n) is 0. The van der Waals surface area contributed by atoms with E-state index in [1.165, 1.54) is 0 Å². The largest absolute Gasteiger partial charge is 0.259 e. The molecule has 1 nitrogen and oxygen atoms in total. The molecule has 0 aromatic rings. The molecule has 0 radical (unpaired) electrons. The van der Waals surface area contributed by atoms with Gasteiger partial charge in [0.15, 0.2) is 0 Å². The molecule has 0 amide bonds. The summed E-state index contributed by atoms with van der Waals surface area (Å²) in [5, 5.41) is 0. The van der Waals surface area contributed by atoms with Crippen molar-refractivity contribution < 1.29 is 4.21 Å². The summed E-state index contributed by atoms with van der Waals surface area (Å²) >= 11 is 2.08. The number of hydrogen-bond acceptors (Lipinski definition) is 1. The highest BCUT2D eigenvalue weighted by Gasteiger charge is 1.75. The van der Waals surface area contributed by atoms with Gasteiger partial charge in [-0.05, 0) is 0 Å². The van der Waals surface area contributed by atoms with E-state index in [0.717, 1.165) is 3.76 Å². The van der Waals surface area contributed by atoms with E-state index in [1.54, 1.807) is 6.26 Å². The number of alkyl halides is 1. The average molecular weight is 204 g/mol. The lowest BCUT2D eigenvalue weighted by atomic mass is 11.9. The molecule has 0 N–H and O–H groups in total. The smallest absolute Gasteiger partial charge is 0.0751 e. The lowest BCUT2D eigenvalue weighted by Gasteiger charge is -1.72. The Kier molecular flexibility index (Phi) is 3.63. The molecule has 0 saturated heterocycles. The van der Waals surface area contributed by atoms with Crippen LogP contribution in [-0.4, -0.2) is 14.2 Å². The molecule has 0 aliphatic carbocycles. The Morgan fingerprint density at radius 3 is 2.20 bits per heavy atom. The van der Waals surface area contributed by atoms with Gasteiger partial charge in [0.1, 0.15) is 0 Å². The van der Waals surface area contributed by atoms with Crippen LogP contribution in [0.3, 0.4) is 0 Å². The second-order valence-electron chi connectivity index (χ2n) is 0.682. The molecule has 0 fully saturated rings. The molecule has 0 rings (SSSR count).